The molecule has 0 radical (unpaired) electrons. The van der Waals surface area contributed by atoms with Crippen LogP contribution in [0, 0.1) is 0 Å². The molecule has 1 aromatic carbocycles. The third kappa shape index (κ3) is 4.49. The van der Waals surface area contributed by atoms with Crippen molar-refractivity contribution in [1.82, 2.24) is 29.5 Å². The summed E-state index contributed by atoms with van der Waals surface area (Å²) in [5.41, 5.74) is 3.09. The predicted octanol–water partition coefficient (Wildman–Crippen LogP) is 1.76. The molecule has 1 aliphatic rings. The van der Waals surface area contributed by atoms with Gasteiger partial charge >= 0.3 is 6.03 Å². The molecule has 2 aromatic heterocycles. The van der Waals surface area contributed by atoms with Crippen molar-refractivity contribution >= 4 is 17.6 Å². The van der Waals surface area contributed by atoms with Gasteiger partial charge < -0.3 is 15.1 Å². The summed E-state index contributed by atoms with van der Waals surface area (Å²) >= 11 is 5.90. The SMILES string of the molecule is O=C(N1CCN(Cc2cccc(-c3cncnc3)c2)CC1)n1cc(Cl)c(C(O)O)n1. The van der Waals surface area contributed by atoms with Gasteiger partial charge in [0.25, 0.3) is 0 Å². The molecule has 3 aromatic rings. The minimum atomic E-state index is -1.82. The first-order chi connectivity index (χ1) is 14.5. The van der Waals surface area contributed by atoms with Crippen molar-refractivity contribution in [3.8, 4) is 11.1 Å². The third-order valence-corrected chi connectivity index (χ3v) is 5.30. The molecular weight excluding hydrogens is 408 g/mol. The summed E-state index contributed by atoms with van der Waals surface area (Å²) in [4.78, 5) is 24.7. The molecule has 156 valence electrons. The highest BCUT2D eigenvalue weighted by atomic mass is 35.5. The van der Waals surface area contributed by atoms with Crippen LogP contribution in [0.5, 0.6) is 0 Å². The molecule has 1 aliphatic heterocycles. The van der Waals surface area contributed by atoms with Gasteiger partial charge in [-0.2, -0.15) is 9.78 Å². The highest BCUT2D eigenvalue weighted by Gasteiger charge is 2.25. The second-order valence-electron chi connectivity index (χ2n) is 7.05. The van der Waals surface area contributed by atoms with Gasteiger partial charge in [-0.25, -0.2) is 14.8 Å². The Labute approximate surface area is 178 Å². The molecule has 0 aliphatic carbocycles. The van der Waals surface area contributed by atoms with Gasteiger partial charge in [0.05, 0.1) is 11.2 Å². The van der Waals surface area contributed by atoms with Crippen LogP contribution in [-0.4, -0.2) is 72.0 Å². The number of piperazine rings is 1. The van der Waals surface area contributed by atoms with Crippen LogP contribution in [0.15, 0.2) is 49.2 Å². The normalized spacial score (nSPS) is 15.0. The average molecular weight is 429 g/mol. The van der Waals surface area contributed by atoms with E-state index in [1.54, 1.807) is 17.3 Å². The molecule has 10 heteroatoms. The van der Waals surface area contributed by atoms with Gasteiger partial charge in [-0.3, -0.25) is 4.90 Å². The first-order valence-corrected chi connectivity index (χ1v) is 9.86. The second-order valence-corrected chi connectivity index (χ2v) is 7.46. The standard InChI is InChI=1S/C20H21ClN6O3/c21-17-12-27(24-18(17)19(28)29)20(30)26-6-4-25(5-7-26)11-14-2-1-3-15(8-14)16-9-22-13-23-10-16/h1-3,8-10,12-13,19,28-29H,4-7,11H2. The van der Waals surface area contributed by atoms with Crippen molar-refractivity contribution in [1.29, 1.82) is 0 Å². The molecule has 1 amide bonds. The van der Waals surface area contributed by atoms with E-state index in [9.17, 15) is 15.0 Å². The molecular formula is C20H21ClN6O3. The van der Waals surface area contributed by atoms with Crippen molar-refractivity contribution in [2.24, 2.45) is 0 Å². The van der Waals surface area contributed by atoms with Gasteiger partial charge in [0.2, 0.25) is 0 Å². The lowest BCUT2D eigenvalue weighted by atomic mass is 10.1. The Bertz CT molecular complexity index is 1020. The monoisotopic (exact) mass is 428 g/mol. The fourth-order valence-corrected chi connectivity index (χ4v) is 3.66. The maximum atomic E-state index is 12.6. The molecule has 3 heterocycles. The summed E-state index contributed by atoms with van der Waals surface area (Å²) in [6.07, 6.45) is 4.57. The zero-order valence-corrected chi connectivity index (χ0v) is 16.9. The highest BCUT2D eigenvalue weighted by molar-refractivity contribution is 6.31. The fraction of sp³-hybridized carbons (Fsp3) is 0.300. The minimum Gasteiger partial charge on any atom is -0.363 e. The van der Waals surface area contributed by atoms with E-state index in [4.69, 9.17) is 11.6 Å². The van der Waals surface area contributed by atoms with Crippen molar-refractivity contribution in [2.45, 2.75) is 12.8 Å². The summed E-state index contributed by atoms with van der Waals surface area (Å²) in [5.74, 6) is 0. The Morgan fingerprint density at radius 1 is 1.10 bits per heavy atom. The van der Waals surface area contributed by atoms with E-state index in [0.717, 1.165) is 35.4 Å². The van der Waals surface area contributed by atoms with Crippen LogP contribution in [0.1, 0.15) is 17.5 Å². The van der Waals surface area contributed by atoms with E-state index in [2.05, 4.69) is 32.1 Å². The lowest BCUT2D eigenvalue weighted by Gasteiger charge is -2.34. The van der Waals surface area contributed by atoms with Crippen LogP contribution in [0.2, 0.25) is 5.02 Å². The summed E-state index contributed by atoms with van der Waals surface area (Å²) in [6.45, 7) is 3.29. The van der Waals surface area contributed by atoms with Gasteiger partial charge in [0.1, 0.15) is 12.0 Å². The number of hydrogen-bond donors (Lipinski definition) is 2. The number of carbonyl (C=O) groups excluding carboxylic acids is 1. The Kier molecular flexibility index (Phi) is 6.05. The number of aliphatic hydroxyl groups is 2. The number of aliphatic hydroxyl groups excluding tert-OH is 1. The van der Waals surface area contributed by atoms with Crippen molar-refractivity contribution in [2.75, 3.05) is 26.2 Å². The van der Waals surface area contributed by atoms with Gasteiger partial charge in [-0.15, -0.1) is 0 Å². The molecule has 1 saturated heterocycles. The van der Waals surface area contributed by atoms with Crippen molar-refractivity contribution in [3.63, 3.8) is 0 Å². The van der Waals surface area contributed by atoms with Gasteiger partial charge in [-0.1, -0.05) is 29.8 Å². The van der Waals surface area contributed by atoms with E-state index in [-0.39, 0.29) is 16.7 Å². The van der Waals surface area contributed by atoms with E-state index in [1.165, 1.54) is 18.1 Å². The Hall–Kier alpha value is -2.85. The van der Waals surface area contributed by atoms with E-state index in [0.29, 0.717) is 13.1 Å². The van der Waals surface area contributed by atoms with Gasteiger partial charge in [-0.05, 0) is 17.2 Å². The van der Waals surface area contributed by atoms with Crippen molar-refractivity contribution in [3.05, 3.63) is 65.5 Å². The molecule has 0 bridgehead atoms. The molecule has 0 atom stereocenters. The summed E-state index contributed by atoms with van der Waals surface area (Å²) in [5, 5.41) is 22.4. The lowest BCUT2D eigenvalue weighted by molar-refractivity contribution is -0.0460. The predicted molar refractivity (Wildman–Crippen MR) is 110 cm³/mol. The number of halogens is 1. The van der Waals surface area contributed by atoms with Gasteiger partial charge in [0, 0.05) is 50.7 Å². The highest BCUT2D eigenvalue weighted by Crippen LogP contribution is 2.21. The number of carbonyl (C=O) groups is 1. The lowest BCUT2D eigenvalue weighted by Crippen LogP contribution is -2.49. The van der Waals surface area contributed by atoms with Crippen LogP contribution < -0.4 is 0 Å². The molecule has 4 rings (SSSR count). The zero-order chi connectivity index (χ0) is 21.1. The van der Waals surface area contributed by atoms with E-state index in [1.807, 2.05) is 12.1 Å². The molecule has 2 N–H and O–H groups in total. The zero-order valence-electron chi connectivity index (χ0n) is 16.1. The van der Waals surface area contributed by atoms with E-state index >= 15 is 0 Å². The molecule has 1 fully saturated rings. The van der Waals surface area contributed by atoms with Crippen LogP contribution in [0.3, 0.4) is 0 Å². The second kappa shape index (κ2) is 8.88. The summed E-state index contributed by atoms with van der Waals surface area (Å²) in [6, 6.07) is 7.93. The quantitative estimate of drug-likeness (QED) is 0.609. The Morgan fingerprint density at radius 2 is 1.83 bits per heavy atom. The minimum absolute atomic E-state index is 0.0423. The summed E-state index contributed by atoms with van der Waals surface area (Å²) < 4.78 is 1.05. The largest absolute Gasteiger partial charge is 0.363 e. The number of rotatable bonds is 4. The Balaban J connectivity index is 1.36. The maximum absolute atomic E-state index is 12.6. The maximum Gasteiger partial charge on any atom is 0.344 e. The van der Waals surface area contributed by atoms with E-state index < -0.39 is 6.29 Å². The molecule has 0 unspecified atom stereocenters. The van der Waals surface area contributed by atoms with Crippen molar-refractivity contribution < 1.29 is 15.0 Å². The third-order valence-electron chi connectivity index (χ3n) is 5.01. The number of nitrogens with zero attached hydrogens (tertiary/aromatic N) is 6. The number of amides is 1. The number of aromatic nitrogens is 4. The average Bonchev–Trinajstić information content (AvgIpc) is 3.16. The van der Waals surface area contributed by atoms with Crippen LogP contribution >= 0.6 is 11.6 Å². The molecule has 30 heavy (non-hydrogen) atoms. The molecule has 0 spiro atoms. The molecule has 0 saturated carbocycles. The topological polar surface area (TPSA) is 108 Å². The Morgan fingerprint density at radius 3 is 2.50 bits per heavy atom. The van der Waals surface area contributed by atoms with Crippen LogP contribution in [0.25, 0.3) is 11.1 Å². The first kappa shape index (κ1) is 20.4. The summed E-state index contributed by atoms with van der Waals surface area (Å²) in [7, 11) is 0. The number of hydrogen-bond acceptors (Lipinski definition) is 7. The first-order valence-electron chi connectivity index (χ1n) is 9.48. The number of benzene rings is 1. The smallest absolute Gasteiger partial charge is 0.344 e. The van der Waals surface area contributed by atoms with Gasteiger partial charge in [0.15, 0.2) is 6.29 Å². The van der Waals surface area contributed by atoms with Crippen LogP contribution in [-0.2, 0) is 6.54 Å². The fourth-order valence-electron chi connectivity index (χ4n) is 3.44. The molecule has 9 nitrogen and oxygen atoms in total. The van der Waals surface area contributed by atoms with Crippen LogP contribution in [0.4, 0.5) is 4.79 Å².